The number of hydrogen-bond acceptors (Lipinski definition) is 4. The first-order chi connectivity index (χ1) is 13.7. The second-order valence-electron chi connectivity index (χ2n) is 8.55. The summed E-state index contributed by atoms with van der Waals surface area (Å²) >= 11 is 1.50. The molecule has 0 saturated heterocycles. The zero-order valence-corrected chi connectivity index (χ0v) is 17.9. The number of pyridine rings is 1. The van der Waals surface area contributed by atoms with Gasteiger partial charge >= 0.3 is 0 Å². The van der Waals surface area contributed by atoms with Crippen LogP contribution in [-0.2, 0) is 6.42 Å². The zero-order chi connectivity index (χ0) is 19.5. The Morgan fingerprint density at radius 3 is 2.25 bits per heavy atom. The van der Waals surface area contributed by atoms with Gasteiger partial charge in [-0.15, -0.1) is 11.3 Å². The number of fused-ring (bicyclic) bond motifs is 1. The van der Waals surface area contributed by atoms with Gasteiger partial charge < -0.3 is 10.6 Å². The molecule has 0 aliphatic heterocycles. The predicted molar refractivity (Wildman–Crippen MR) is 118 cm³/mol. The highest BCUT2D eigenvalue weighted by Crippen LogP contribution is 2.37. The summed E-state index contributed by atoms with van der Waals surface area (Å²) in [7, 11) is 0. The highest BCUT2D eigenvalue weighted by atomic mass is 32.1. The number of carbonyl (C=O) groups excluding carboxylic acids is 1. The van der Waals surface area contributed by atoms with E-state index in [2.05, 4.69) is 24.0 Å². The third-order valence-corrected chi connectivity index (χ3v) is 7.63. The molecule has 2 aliphatic carbocycles. The summed E-state index contributed by atoms with van der Waals surface area (Å²) in [5.74, 6) is 0.163. The first kappa shape index (κ1) is 19.7. The maximum atomic E-state index is 13.8. The van der Waals surface area contributed by atoms with Crippen molar-refractivity contribution in [2.45, 2.75) is 96.1 Å². The van der Waals surface area contributed by atoms with Gasteiger partial charge in [0, 0.05) is 23.2 Å². The Labute approximate surface area is 172 Å². The second kappa shape index (κ2) is 8.81. The fourth-order valence-electron chi connectivity index (χ4n) is 5.06. The number of nitrogens with two attached hydrogens (primary N) is 1. The van der Waals surface area contributed by atoms with Crippen LogP contribution in [0.2, 0.25) is 0 Å². The fraction of sp³-hybridized carbons (Fsp3) is 0.652. The number of hydrogen-bond donors (Lipinski definition) is 1. The number of aromatic nitrogens is 1. The summed E-state index contributed by atoms with van der Waals surface area (Å²) in [6.45, 7) is 2.16. The molecule has 4 nitrogen and oxygen atoms in total. The van der Waals surface area contributed by atoms with Crippen molar-refractivity contribution in [1.82, 2.24) is 9.88 Å². The van der Waals surface area contributed by atoms with Gasteiger partial charge in [0.25, 0.3) is 5.91 Å². The first-order valence-electron chi connectivity index (χ1n) is 11.2. The molecule has 0 bridgehead atoms. The number of aryl methyl sites for hydroxylation is 1. The zero-order valence-electron chi connectivity index (χ0n) is 17.1. The van der Waals surface area contributed by atoms with Crippen LogP contribution in [0.25, 0.3) is 10.2 Å². The van der Waals surface area contributed by atoms with Gasteiger partial charge in [-0.1, -0.05) is 51.9 Å². The SMILES string of the molecule is CCCc1ccc2c(N)c(C(=O)N(C3CCCCC3)C3CCCCC3)sc2n1. The second-order valence-corrected chi connectivity index (χ2v) is 9.55. The summed E-state index contributed by atoms with van der Waals surface area (Å²) in [5, 5.41) is 0.945. The lowest BCUT2D eigenvalue weighted by atomic mass is 9.88. The van der Waals surface area contributed by atoms with E-state index in [-0.39, 0.29) is 5.91 Å². The standard InChI is InChI=1S/C23H33N3OS/c1-2-9-16-14-15-19-20(24)21(28-22(19)25-16)23(27)26(17-10-5-3-6-11-17)18-12-7-4-8-13-18/h14-15,17-18H,2-13,24H2,1H3. The van der Waals surface area contributed by atoms with Gasteiger partial charge in [-0.05, 0) is 44.2 Å². The predicted octanol–water partition coefficient (Wildman–Crippen LogP) is 5.94. The monoisotopic (exact) mass is 399 g/mol. The normalized spacial score (nSPS) is 19.2. The molecule has 5 heteroatoms. The van der Waals surface area contributed by atoms with Gasteiger partial charge in [0.1, 0.15) is 9.71 Å². The molecule has 152 valence electrons. The molecule has 0 radical (unpaired) electrons. The van der Waals surface area contributed by atoms with Crippen LogP contribution in [0.5, 0.6) is 0 Å². The highest BCUT2D eigenvalue weighted by molar-refractivity contribution is 7.21. The van der Waals surface area contributed by atoms with Gasteiger partial charge in [-0.2, -0.15) is 0 Å². The molecule has 0 spiro atoms. The highest BCUT2D eigenvalue weighted by Gasteiger charge is 2.34. The van der Waals surface area contributed by atoms with Crippen molar-refractivity contribution in [3.8, 4) is 0 Å². The molecule has 2 N–H and O–H groups in total. The molecule has 0 unspecified atom stereocenters. The van der Waals surface area contributed by atoms with Crippen molar-refractivity contribution in [2.24, 2.45) is 0 Å². The largest absolute Gasteiger partial charge is 0.397 e. The Kier molecular flexibility index (Phi) is 6.19. The van der Waals surface area contributed by atoms with Crippen molar-refractivity contribution in [3.05, 3.63) is 22.7 Å². The number of thiophene rings is 1. The molecule has 4 rings (SSSR count). The Morgan fingerprint density at radius 2 is 1.68 bits per heavy atom. The molecule has 2 aromatic heterocycles. The van der Waals surface area contributed by atoms with Gasteiger partial charge in [0.15, 0.2) is 0 Å². The van der Waals surface area contributed by atoms with Crippen molar-refractivity contribution < 1.29 is 4.79 Å². The summed E-state index contributed by atoms with van der Waals surface area (Å²) < 4.78 is 0. The van der Waals surface area contributed by atoms with E-state index in [9.17, 15) is 4.79 Å². The molecule has 0 atom stereocenters. The van der Waals surface area contributed by atoms with E-state index >= 15 is 0 Å². The van der Waals surface area contributed by atoms with Crippen molar-refractivity contribution >= 4 is 33.1 Å². The third kappa shape index (κ3) is 3.91. The van der Waals surface area contributed by atoms with Gasteiger partial charge in [-0.25, -0.2) is 4.98 Å². The topological polar surface area (TPSA) is 59.2 Å². The smallest absolute Gasteiger partial charge is 0.266 e. The minimum Gasteiger partial charge on any atom is -0.397 e. The van der Waals surface area contributed by atoms with Crippen molar-refractivity contribution in [3.63, 3.8) is 0 Å². The minimum absolute atomic E-state index is 0.163. The molecular weight excluding hydrogens is 366 g/mol. The van der Waals surface area contributed by atoms with Crippen molar-refractivity contribution in [2.75, 3.05) is 5.73 Å². The molecule has 1 amide bonds. The van der Waals surface area contributed by atoms with Crippen LogP contribution in [0.4, 0.5) is 5.69 Å². The number of anilines is 1. The van der Waals surface area contributed by atoms with Crippen LogP contribution >= 0.6 is 11.3 Å². The van der Waals surface area contributed by atoms with E-state index in [1.54, 1.807) is 0 Å². The van der Waals surface area contributed by atoms with Crippen LogP contribution in [0, 0.1) is 0 Å². The lowest BCUT2D eigenvalue weighted by Gasteiger charge is -2.41. The average Bonchev–Trinajstić information content (AvgIpc) is 3.06. The average molecular weight is 400 g/mol. The van der Waals surface area contributed by atoms with Gasteiger partial charge in [0.2, 0.25) is 0 Å². The van der Waals surface area contributed by atoms with E-state index < -0.39 is 0 Å². The van der Waals surface area contributed by atoms with E-state index in [0.29, 0.717) is 22.6 Å². The summed E-state index contributed by atoms with van der Waals surface area (Å²) in [6.07, 6.45) is 14.2. The lowest BCUT2D eigenvalue weighted by molar-refractivity contribution is 0.0454. The molecule has 2 saturated carbocycles. The molecular formula is C23H33N3OS. The summed E-state index contributed by atoms with van der Waals surface area (Å²) in [5.41, 5.74) is 8.21. The third-order valence-electron chi connectivity index (χ3n) is 6.52. The molecule has 2 heterocycles. The van der Waals surface area contributed by atoms with E-state index in [4.69, 9.17) is 10.7 Å². The molecule has 0 aromatic carbocycles. The van der Waals surface area contributed by atoms with Crippen LogP contribution in [-0.4, -0.2) is 27.9 Å². The molecule has 2 aromatic rings. The fourth-order valence-corrected chi connectivity index (χ4v) is 6.11. The number of carbonyl (C=O) groups is 1. The van der Waals surface area contributed by atoms with E-state index in [0.717, 1.165) is 54.4 Å². The minimum atomic E-state index is 0.163. The molecule has 2 aliphatic rings. The summed E-state index contributed by atoms with van der Waals surface area (Å²) in [4.78, 5) is 22.4. The quantitative estimate of drug-likeness (QED) is 0.677. The Bertz CT molecular complexity index is 801. The maximum absolute atomic E-state index is 13.8. The van der Waals surface area contributed by atoms with Gasteiger partial charge in [0.05, 0.1) is 5.69 Å². The molecule has 2 fully saturated rings. The number of amides is 1. The van der Waals surface area contributed by atoms with Crippen LogP contribution in [0.15, 0.2) is 12.1 Å². The Hall–Kier alpha value is -1.62. The first-order valence-corrected chi connectivity index (χ1v) is 12.0. The van der Waals surface area contributed by atoms with E-state index in [1.165, 1.54) is 49.9 Å². The number of rotatable bonds is 5. The molecule has 28 heavy (non-hydrogen) atoms. The van der Waals surface area contributed by atoms with Crippen LogP contribution in [0.3, 0.4) is 0 Å². The lowest BCUT2D eigenvalue weighted by Crippen LogP contribution is -2.48. The maximum Gasteiger partial charge on any atom is 0.266 e. The number of nitrogen functional groups attached to an aromatic ring is 1. The summed E-state index contributed by atoms with van der Waals surface area (Å²) in [6, 6.07) is 4.89. The van der Waals surface area contributed by atoms with E-state index in [1.807, 2.05) is 0 Å². The Balaban J connectivity index is 1.67. The van der Waals surface area contributed by atoms with Crippen LogP contribution < -0.4 is 5.73 Å². The number of nitrogens with zero attached hydrogens (tertiary/aromatic N) is 2. The van der Waals surface area contributed by atoms with Gasteiger partial charge in [-0.3, -0.25) is 4.79 Å². The van der Waals surface area contributed by atoms with Crippen LogP contribution in [0.1, 0.15) is 92.9 Å². The Morgan fingerprint density at radius 1 is 1.07 bits per heavy atom. The van der Waals surface area contributed by atoms with Crippen molar-refractivity contribution in [1.29, 1.82) is 0 Å².